The fourth-order valence-corrected chi connectivity index (χ4v) is 1.93. The second kappa shape index (κ2) is 9.86. The molecule has 1 aromatic rings. The highest BCUT2D eigenvalue weighted by Crippen LogP contribution is 2.27. The number of nitrogens with zero attached hydrogens (tertiary/aromatic N) is 3. The molecule has 6 nitrogen and oxygen atoms in total. The van der Waals surface area contributed by atoms with Crippen molar-refractivity contribution in [3.05, 3.63) is 29.8 Å². The number of carbonyl (C=O) groups excluding carboxylic acids is 1. The summed E-state index contributed by atoms with van der Waals surface area (Å²) in [5.41, 5.74) is 0.788. The zero-order valence-electron chi connectivity index (χ0n) is 13.3. The standard InChI is InChI=1S/C17H19N3O3/c1-22-15-7-5-14(13-16(15)23-2)6-8-17(21)20(11-3-9-18)12-4-10-19/h5-8,13H,3-4,11-12H2,1-2H3. The van der Waals surface area contributed by atoms with Gasteiger partial charge in [-0.2, -0.15) is 10.5 Å². The van der Waals surface area contributed by atoms with E-state index in [0.717, 1.165) is 5.56 Å². The molecule has 0 fully saturated rings. The van der Waals surface area contributed by atoms with E-state index in [0.29, 0.717) is 24.6 Å². The zero-order chi connectivity index (χ0) is 17.1. The minimum absolute atomic E-state index is 0.231. The number of carbonyl (C=O) groups is 1. The van der Waals surface area contributed by atoms with Crippen LogP contribution >= 0.6 is 0 Å². The molecule has 0 bridgehead atoms. The van der Waals surface area contributed by atoms with Gasteiger partial charge in [-0.15, -0.1) is 0 Å². The summed E-state index contributed by atoms with van der Waals surface area (Å²) in [6, 6.07) is 9.32. The van der Waals surface area contributed by atoms with Gasteiger partial charge < -0.3 is 14.4 Å². The fourth-order valence-electron chi connectivity index (χ4n) is 1.93. The molecule has 1 amide bonds. The molecular weight excluding hydrogens is 294 g/mol. The van der Waals surface area contributed by atoms with Gasteiger partial charge in [-0.05, 0) is 23.8 Å². The average molecular weight is 313 g/mol. The van der Waals surface area contributed by atoms with E-state index in [1.165, 1.54) is 11.0 Å². The molecule has 0 atom stereocenters. The van der Waals surface area contributed by atoms with Gasteiger partial charge in [-0.25, -0.2) is 0 Å². The minimum Gasteiger partial charge on any atom is -0.493 e. The summed E-state index contributed by atoms with van der Waals surface area (Å²) in [7, 11) is 3.10. The van der Waals surface area contributed by atoms with Crippen LogP contribution in [0.3, 0.4) is 0 Å². The van der Waals surface area contributed by atoms with E-state index in [2.05, 4.69) is 0 Å². The van der Waals surface area contributed by atoms with Crippen LogP contribution in [-0.2, 0) is 4.79 Å². The number of nitriles is 2. The smallest absolute Gasteiger partial charge is 0.246 e. The molecule has 0 heterocycles. The van der Waals surface area contributed by atoms with E-state index in [9.17, 15) is 4.79 Å². The maximum atomic E-state index is 12.2. The molecule has 0 aliphatic carbocycles. The van der Waals surface area contributed by atoms with Gasteiger partial charge in [-0.3, -0.25) is 4.79 Å². The Bertz CT molecular complexity index is 623. The van der Waals surface area contributed by atoms with Gasteiger partial charge in [-0.1, -0.05) is 6.07 Å². The second-order valence-electron chi connectivity index (χ2n) is 4.59. The summed E-state index contributed by atoms with van der Waals surface area (Å²) in [4.78, 5) is 13.7. The van der Waals surface area contributed by atoms with Crippen molar-refractivity contribution in [1.29, 1.82) is 10.5 Å². The van der Waals surface area contributed by atoms with Crippen molar-refractivity contribution in [2.24, 2.45) is 0 Å². The van der Waals surface area contributed by atoms with Crippen molar-refractivity contribution in [2.45, 2.75) is 12.8 Å². The largest absolute Gasteiger partial charge is 0.493 e. The molecule has 0 saturated carbocycles. The minimum atomic E-state index is -0.231. The summed E-state index contributed by atoms with van der Waals surface area (Å²) in [6.45, 7) is 0.626. The molecule has 0 aromatic heterocycles. The quantitative estimate of drug-likeness (QED) is 0.688. The van der Waals surface area contributed by atoms with E-state index >= 15 is 0 Å². The van der Waals surface area contributed by atoms with Crippen LogP contribution < -0.4 is 9.47 Å². The van der Waals surface area contributed by atoms with Gasteiger partial charge in [0, 0.05) is 19.2 Å². The van der Waals surface area contributed by atoms with Gasteiger partial charge in [0.1, 0.15) is 0 Å². The van der Waals surface area contributed by atoms with Crippen LogP contribution in [0.25, 0.3) is 6.08 Å². The van der Waals surface area contributed by atoms with Crippen LogP contribution in [-0.4, -0.2) is 38.1 Å². The van der Waals surface area contributed by atoms with E-state index in [-0.39, 0.29) is 18.7 Å². The van der Waals surface area contributed by atoms with E-state index in [1.807, 2.05) is 12.1 Å². The predicted octanol–water partition coefficient (Wildman–Crippen LogP) is 2.37. The molecule has 0 N–H and O–H groups in total. The Morgan fingerprint density at radius 3 is 2.26 bits per heavy atom. The third-order valence-corrected chi connectivity index (χ3v) is 3.12. The number of methoxy groups -OCH3 is 2. The monoisotopic (exact) mass is 313 g/mol. The number of rotatable bonds is 8. The molecule has 0 spiro atoms. The molecule has 0 aliphatic heterocycles. The third kappa shape index (κ3) is 5.72. The first-order valence-corrected chi connectivity index (χ1v) is 7.09. The number of ether oxygens (including phenoxy) is 2. The summed E-state index contributed by atoms with van der Waals surface area (Å²) in [5, 5.41) is 17.3. The first-order chi connectivity index (χ1) is 11.2. The summed E-state index contributed by atoms with van der Waals surface area (Å²) >= 11 is 0. The van der Waals surface area contributed by atoms with Crippen LogP contribution in [0.2, 0.25) is 0 Å². The SMILES string of the molecule is COc1ccc(C=CC(=O)N(CCC#N)CCC#N)cc1OC. The zero-order valence-corrected chi connectivity index (χ0v) is 13.3. The van der Waals surface area contributed by atoms with Crippen LogP contribution in [0.15, 0.2) is 24.3 Å². The van der Waals surface area contributed by atoms with Gasteiger partial charge in [0.25, 0.3) is 0 Å². The van der Waals surface area contributed by atoms with Crippen molar-refractivity contribution in [2.75, 3.05) is 27.3 Å². The summed E-state index contributed by atoms with van der Waals surface area (Å²) in [6.07, 6.45) is 3.56. The van der Waals surface area contributed by atoms with E-state index in [4.69, 9.17) is 20.0 Å². The summed E-state index contributed by atoms with van der Waals surface area (Å²) < 4.78 is 10.4. The molecule has 0 aliphatic rings. The summed E-state index contributed by atoms with van der Waals surface area (Å²) in [5.74, 6) is 0.957. The van der Waals surface area contributed by atoms with Crippen LogP contribution in [0.5, 0.6) is 11.5 Å². The molecule has 23 heavy (non-hydrogen) atoms. The Morgan fingerprint density at radius 2 is 1.74 bits per heavy atom. The van der Waals surface area contributed by atoms with Gasteiger partial charge in [0.15, 0.2) is 11.5 Å². The van der Waals surface area contributed by atoms with Crippen molar-refractivity contribution in [3.63, 3.8) is 0 Å². The van der Waals surface area contributed by atoms with Gasteiger partial charge in [0.05, 0.1) is 39.2 Å². The first kappa shape index (κ1) is 18.1. The number of amides is 1. The molecular formula is C17H19N3O3. The van der Waals surface area contributed by atoms with Crippen LogP contribution in [0, 0.1) is 22.7 Å². The normalized spacial score (nSPS) is 9.91. The number of benzene rings is 1. The molecule has 6 heteroatoms. The Labute approximate surface area is 136 Å². The topological polar surface area (TPSA) is 86.4 Å². The van der Waals surface area contributed by atoms with Crippen LogP contribution in [0.4, 0.5) is 0 Å². The molecule has 1 aromatic carbocycles. The molecule has 0 unspecified atom stereocenters. The van der Waals surface area contributed by atoms with Crippen molar-refractivity contribution in [1.82, 2.24) is 4.90 Å². The lowest BCUT2D eigenvalue weighted by Gasteiger charge is -2.18. The maximum absolute atomic E-state index is 12.2. The Hall–Kier alpha value is -2.99. The van der Waals surface area contributed by atoms with Gasteiger partial charge >= 0.3 is 0 Å². The molecule has 0 radical (unpaired) electrons. The van der Waals surface area contributed by atoms with Gasteiger partial charge in [0.2, 0.25) is 5.91 Å². The first-order valence-electron chi connectivity index (χ1n) is 7.09. The Balaban J connectivity index is 2.82. The number of hydrogen-bond donors (Lipinski definition) is 0. The van der Waals surface area contributed by atoms with Crippen LogP contribution in [0.1, 0.15) is 18.4 Å². The van der Waals surface area contributed by atoms with Crippen molar-refractivity contribution in [3.8, 4) is 23.6 Å². The lowest BCUT2D eigenvalue weighted by molar-refractivity contribution is -0.125. The molecule has 120 valence electrons. The van der Waals surface area contributed by atoms with Crippen molar-refractivity contribution >= 4 is 12.0 Å². The predicted molar refractivity (Wildman–Crippen MR) is 85.6 cm³/mol. The third-order valence-electron chi connectivity index (χ3n) is 3.12. The second-order valence-corrected chi connectivity index (χ2v) is 4.59. The Morgan fingerprint density at radius 1 is 1.13 bits per heavy atom. The highest BCUT2D eigenvalue weighted by Gasteiger charge is 2.10. The van der Waals surface area contributed by atoms with E-state index in [1.54, 1.807) is 38.5 Å². The lowest BCUT2D eigenvalue weighted by atomic mass is 10.2. The molecule has 1 rings (SSSR count). The fraction of sp³-hybridized carbons (Fsp3) is 0.353. The van der Waals surface area contributed by atoms with Crippen molar-refractivity contribution < 1.29 is 14.3 Å². The highest BCUT2D eigenvalue weighted by atomic mass is 16.5. The Kier molecular flexibility index (Phi) is 7.74. The number of hydrogen-bond acceptors (Lipinski definition) is 5. The van der Waals surface area contributed by atoms with E-state index < -0.39 is 0 Å². The molecule has 0 saturated heterocycles. The average Bonchev–Trinajstić information content (AvgIpc) is 2.59. The lowest BCUT2D eigenvalue weighted by Crippen LogP contribution is -2.31. The maximum Gasteiger partial charge on any atom is 0.246 e. The highest BCUT2D eigenvalue weighted by molar-refractivity contribution is 5.91.